The number of rotatable bonds is 6. The second kappa shape index (κ2) is 8.95. The number of methoxy groups -OCH3 is 1. The molecule has 7 heteroatoms. The summed E-state index contributed by atoms with van der Waals surface area (Å²) in [4.78, 5) is 35.3. The van der Waals surface area contributed by atoms with Crippen LogP contribution in [0.2, 0.25) is 0 Å². The van der Waals surface area contributed by atoms with Crippen LogP contribution in [0.15, 0.2) is 60.8 Å². The van der Waals surface area contributed by atoms with Crippen molar-refractivity contribution in [1.29, 1.82) is 0 Å². The average molecular weight is 416 g/mol. The van der Waals surface area contributed by atoms with Crippen molar-refractivity contribution < 1.29 is 14.3 Å². The van der Waals surface area contributed by atoms with Crippen LogP contribution in [0.4, 0.5) is 0 Å². The van der Waals surface area contributed by atoms with Gasteiger partial charge in [-0.1, -0.05) is 6.07 Å². The molecule has 0 aliphatic carbocycles. The fourth-order valence-electron chi connectivity index (χ4n) is 3.71. The van der Waals surface area contributed by atoms with Gasteiger partial charge >= 0.3 is 0 Å². The van der Waals surface area contributed by atoms with E-state index in [0.717, 1.165) is 23.4 Å². The van der Waals surface area contributed by atoms with Gasteiger partial charge in [-0.15, -0.1) is 0 Å². The molecule has 7 nitrogen and oxygen atoms in total. The van der Waals surface area contributed by atoms with Gasteiger partial charge in [0.1, 0.15) is 5.75 Å². The lowest BCUT2D eigenvalue weighted by Crippen LogP contribution is -2.40. The minimum Gasteiger partial charge on any atom is -0.495 e. The number of hydrogen-bond acceptors (Lipinski definition) is 5. The van der Waals surface area contributed by atoms with Crippen molar-refractivity contribution in [1.82, 2.24) is 19.4 Å². The first-order valence-corrected chi connectivity index (χ1v) is 10.2. The Morgan fingerprint density at radius 3 is 2.74 bits per heavy atom. The largest absolute Gasteiger partial charge is 0.495 e. The number of aryl methyl sites for hydroxylation is 1. The number of ketones is 1. The number of carbonyl (C=O) groups is 2. The Kier molecular flexibility index (Phi) is 5.93. The third-order valence-electron chi connectivity index (χ3n) is 5.31. The molecule has 1 fully saturated rings. The maximum Gasteiger partial charge on any atom is 0.250 e. The number of aromatic nitrogens is 3. The molecule has 158 valence electrons. The number of piperidine rings is 1. The summed E-state index contributed by atoms with van der Waals surface area (Å²) in [5, 5.41) is 0. The Morgan fingerprint density at radius 1 is 1.23 bits per heavy atom. The number of likely N-dealkylation sites (tertiary alicyclic amines) is 1. The Hall–Kier alpha value is -3.74. The smallest absolute Gasteiger partial charge is 0.250 e. The molecule has 1 aromatic carbocycles. The zero-order chi connectivity index (χ0) is 21.8. The van der Waals surface area contributed by atoms with Crippen LogP contribution in [-0.2, 0) is 4.79 Å². The molecule has 3 heterocycles. The molecule has 2 aromatic heterocycles. The molecule has 0 N–H and O–H groups in total. The summed E-state index contributed by atoms with van der Waals surface area (Å²) < 4.78 is 7.47. The third-order valence-corrected chi connectivity index (χ3v) is 5.31. The van der Waals surface area contributed by atoms with Crippen LogP contribution in [0.1, 0.15) is 34.5 Å². The van der Waals surface area contributed by atoms with Gasteiger partial charge in [0.05, 0.1) is 31.4 Å². The maximum absolute atomic E-state index is 13.0. The molecule has 1 aliphatic rings. The highest BCUT2D eigenvalue weighted by Gasteiger charge is 2.25. The molecule has 31 heavy (non-hydrogen) atoms. The van der Waals surface area contributed by atoms with Crippen LogP contribution in [0.5, 0.6) is 5.75 Å². The van der Waals surface area contributed by atoms with Crippen LogP contribution in [0.25, 0.3) is 11.8 Å². The van der Waals surface area contributed by atoms with Gasteiger partial charge in [-0.2, -0.15) is 0 Å². The van der Waals surface area contributed by atoms with Gasteiger partial charge < -0.3 is 14.2 Å². The van der Waals surface area contributed by atoms with E-state index < -0.39 is 0 Å². The SMILES string of the molecule is COc1cc(C=C2CCCN(CC(=O)c3ccncc3)C2=O)ccc1-n1cnc(C)c1. The predicted octanol–water partition coefficient (Wildman–Crippen LogP) is 3.47. The van der Waals surface area contributed by atoms with Gasteiger partial charge in [-0.05, 0) is 55.7 Å². The monoisotopic (exact) mass is 416 g/mol. The van der Waals surface area contributed by atoms with Crippen LogP contribution in [0, 0.1) is 6.92 Å². The summed E-state index contributed by atoms with van der Waals surface area (Å²) in [7, 11) is 1.62. The summed E-state index contributed by atoms with van der Waals surface area (Å²) in [6.07, 6.45) is 10.2. The van der Waals surface area contributed by atoms with Gasteiger partial charge in [0.15, 0.2) is 5.78 Å². The molecular formula is C24H24N4O3. The molecule has 1 amide bonds. The Balaban J connectivity index is 1.54. The first kappa shape index (κ1) is 20.5. The van der Waals surface area contributed by atoms with E-state index in [1.807, 2.05) is 42.0 Å². The van der Waals surface area contributed by atoms with Crippen molar-refractivity contribution >= 4 is 17.8 Å². The normalized spacial score (nSPS) is 15.4. The fourth-order valence-corrected chi connectivity index (χ4v) is 3.71. The molecule has 0 unspecified atom stereocenters. The van der Waals surface area contributed by atoms with Crippen LogP contribution in [-0.4, -0.2) is 51.3 Å². The van der Waals surface area contributed by atoms with Crippen LogP contribution in [0.3, 0.4) is 0 Å². The van der Waals surface area contributed by atoms with Crippen molar-refractivity contribution in [3.8, 4) is 11.4 Å². The predicted molar refractivity (Wildman–Crippen MR) is 117 cm³/mol. The van der Waals surface area contributed by atoms with E-state index in [4.69, 9.17) is 4.74 Å². The molecular weight excluding hydrogens is 392 g/mol. The highest BCUT2D eigenvalue weighted by molar-refractivity contribution is 6.03. The molecule has 0 saturated carbocycles. The number of ether oxygens (including phenoxy) is 1. The number of carbonyl (C=O) groups excluding carboxylic acids is 2. The van der Waals surface area contributed by atoms with Crippen molar-refractivity contribution in [2.75, 3.05) is 20.2 Å². The van der Waals surface area contributed by atoms with Crippen molar-refractivity contribution in [3.63, 3.8) is 0 Å². The summed E-state index contributed by atoms with van der Waals surface area (Å²) >= 11 is 0. The average Bonchev–Trinajstić information content (AvgIpc) is 3.23. The molecule has 3 aromatic rings. The molecule has 0 spiro atoms. The van der Waals surface area contributed by atoms with Crippen molar-refractivity contribution in [2.45, 2.75) is 19.8 Å². The zero-order valence-corrected chi connectivity index (χ0v) is 17.6. The Morgan fingerprint density at radius 2 is 2.03 bits per heavy atom. The lowest BCUT2D eigenvalue weighted by Gasteiger charge is -2.28. The molecule has 4 rings (SSSR count). The van der Waals surface area contributed by atoms with E-state index in [9.17, 15) is 9.59 Å². The van der Waals surface area contributed by atoms with Gasteiger partial charge in [-0.25, -0.2) is 4.98 Å². The van der Waals surface area contributed by atoms with Gasteiger partial charge in [-0.3, -0.25) is 14.6 Å². The second-order valence-corrected chi connectivity index (χ2v) is 7.51. The highest BCUT2D eigenvalue weighted by Crippen LogP contribution is 2.27. The topological polar surface area (TPSA) is 77.3 Å². The standard InChI is InChI=1S/C24H24N4O3/c1-17-14-28(16-26-17)21-6-5-18(13-23(21)31-2)12-20-4-3-11-27(24(20)30)15-22(29)19-7-9-25-10-8-19/h5-10,12-14,16H,3-4,11,15H2,1-2H3. The number of hydrogen-bond donors (Lipinski definition) is 0. The van der Waals surface area contributed by atoms with E-state index >= 15 is 0 Å². The number of pyridine rings is 1. The third kappa shape index (κ3) is 4.55. The number of nitrogens with zero attached hydrogens (tertiary/aromatic N) is 4. The lowest BCUT2D eigenvalue weighted by atomic mass is 10.00. The van der Waals surface area contributed by atoms with E-state index in [-0.39, 0.29) is 18.2 Å². The van der Waals surface area contributed by atoms with Crippen LogP contribution < -0.4 is 4.74 Å². The number of imidazole rings is 1. The highest BCUT2D eigenvalue weighted by atomic mass is 16.5. The van der Waals surface area contributed by atoms with E-state index in [0.29, 0.717) is 29.9 Å². The number of amides is 1. The quantitative estimate of drug-likeness (QED) is 0.454. The van der Waals surface area contributed by atoms with E-state index in [1.165, 1.54) is 0 Å². The minimum atomic E-state index is -0.0954. The molecule has 0 bridgehead atoms. The minimum absolute atomic E-state index is 0.0719. The maximum atomic E-state index is 13.0. The zero-order valence-electron chi connectivity index (χ0n) is 17.6. The molecule has 0 atom stereocenters. The lowest BCUT2D eigenvalue weighted by molar-refractivity contribution is -0.128. The molecule has 1 saturated heterocycles. The van der Waals surface area contributed by atoms with E-state index in [2.05, 4.69) is 9.97 Å². The van der Waals surface area contributed by atoms with Gasteiger partial charge in [0, 0.05) is 36.3 Å². The van der Waals surface area contributed by atoms with Crippen molar-refractivity contribution in [3.05, 3.63) is 77.6 Å². The molecule has 1 aliphatic heterocycles. The van der Waals surface area contributed by atoms with Crippen molar-refractivity contribution in [2.24, 2.45) is 0 Å². The van der Waals surface area contributed by atoms with Crippen LogP contribution >= 0.6 is 0 Å². The summed E-state index contributed by atoms with van der Waals surface area (Å²) in [6, 6.07) is 9.15. The summed E-state index contributed by atoms with van der Waals surface area (Å²) in [5.41, 5.74) is 3.94. The first-order valence-electron chi connectivity index (χ1n) is 10.2. The Labute approximate surface area is 181 Å². The number of benzene rings is 1. The number of Topliss-reactive ketones (excluding diaryl/α,β-unsaturated/α-hetero) is 1. The van der Waals surface area contributed by atoms with Gasteiger partial charge in [0.2, 0.25) is 5.91 Å². The summed E-state index contributed by atoms with van der Waals surface area (Å²) in [5.74, 6) is 0.514. The summed E-state index contributed by atoms with van der Waals surface area (Å²) in [6.45, 7) is 2.58. The van der Waals surface area contributed by atoms with Gasteiger partial charge in [0.25, 0.3) is 0 Å². The second-order valence-electron chi connectivity index (χ2n) is 7.51. The fraction of sp³-hybridized carbons (Fsp3) is 0.250. The van der Waals surface area contributed by atoms with E-state index in [1.54, 1.807) is 42.9 Å². The molecule has 0 radical (unpaired) electrons. The Bertz CT molecular complexity index is 1130. The first-order chi connectivity index (χ1) is 15.0.